The molecule has 24 heavy (non-hydrogen) atoms. The molecular weight excluding hydrogens is 298 g/mol. The van der Waals surface area contributed by atoms with E-state index in [2.05, 4.69) is 49.8 Å². The highest BCUT2D eigenvalue weighted by molar-refractivity contribution is 5.83. The van der Waals surface area contributed by atoms with Crippen molar-refractivity contribution in [1.29, 1.82) is 0 Å². The summed E-state index contributed by atoms with van der Waals surface area (Å²) in [7, 11) is 1.82. The summed E-state index contributed by atoms with van der Waals surface area (Å²) in [6.45, 7) is 5.19. The van der Waals surface area contributed by atoms with Gasteiger partial charge in [0.25, 0.3) is 0 Å². The van der Waals surface area contributed by atoms with Gasteiger partial charge in [0.05, 0.1) is 5.52 Å². The van der Waals surface area contributed by atoms with Crippen LogP contribution in [-0.2, 0) is 6.54 Å². The Labute approximate surface area is 144 Å². The van der Waals surface area contributed by atoms with Crippen LogP contribution < -0.4 is 10.6 Å². The molecule has 1 saturated heterocycles. The lowest BCUT2D eigenvalue weighted by molar-refractivity contribution is 0.232. The molecule has 1 aromatic heterocycles. The van der Waals surface area contributed by atoms with Crippen LogP contribution in [0.1, 0.15) is 24.8 Å². The number of nitrogens with one attached hydrogen (secondary N) is 2. The zero-order valence-corrected chi connectivity index (χ0v) is 14.5. The van der Waals surface area contributed by atoms with Crippen molar-refractivity contribution in [1.82, 2.24) is 20.5 Å². The molecule has 2 aromatic rings. The predicted octanol–water partition coefficient (Wildman–Crippen LogP) is 2.39. The van der Waals surface area contributed by atoms with Crippen molar-refractivity contribution in [2.45, 2.75) is 25.8 Å². The molecule has 3 rings (SSSR count). The quantitative estimate of drug-likeness (QED) is 0.655. The van der Waals surface area contributed by atoms with E-state index < -0.39 is 0 Å². The van der Waals surface area contributed by atoms with Gasteiger partial charge in [0.1, 0.15) is 0 Å². The van der Waals surface area contributed by atoms with Crippen molar-refractivity contribution < 1.29 is 0 Å². The summed E-state index contributed by atoms with van der Waals surface area (Å²) >= 11 is 0. The van der Waals surface area contributed by atoms with Gasteiger partial charge >= 0.3 is 0 Å². The second-order valence-electron chi connectivity index (χ2n) is 6.25. The minimum absolute atomic E-state index is 0.720. The van der Waals surface area contributed by atoms with Crippen LogP contribution in [0.5, 0.6) is 0 Å². The Balaban J connectivity index is 1.50. The Morgan fingerprint density at radius 3 is 2.79 bits per heavy atom. The Morgan fingerprint density at radius 1 is 1.12 bits per heavy atom. The standard InChI is InChI=1S/C19H27N5/c1-20-19(22-11-14-24-12-3-2-4-13-24)23-15-17-8-5-7-16-9-6-10-21-18(16)17/h5-10H,2-4,11-15H2,1H3,(H2,20,22,23). The maximum Gasteiger partial charge on any atom is 0.191 e. The lowest BCUT2D eigenvalue weighted by atomic mass is 10.1. The SMILES string of the molecule is CN=C(NCCN1CCCCC1)NCc1cccc2cccnc12. The molecule has 1 aliphatic rings. The van der Waals surface area contributed by atoms with E-state index in [-0.39, 0.29) is 0 Å². The summed E-state index contributed by atoms with van der Waals surface area (Å²) in [5.74, 6) is 0.847. The van der Waals surface area contributed by atoms with Crippen molar-refractivity contribution in [3.8, 4) is 0 Å². The molecule has 2 heterocycles. The van der Waals surface area contributed by atoms with Crippen LogP contribution in [0, 0.1) is 0 Å². The Hall–Kier alpha value is -2.14. The molecule has 128 valence electrons. The van der Waals surface area contributed by atoms with Crippen molar-refractivity contribution >= 4 is 16.9 Å². The van der Waals surface area contributed by atoms with Gasteiger partial charge in [0.2, 0.25) is 0 Å². The number of nitrogens with zero attached hydrogens (tertiary/aromatic N) is 3. The predicted molar refractivity (Wildman–Crippen MR) is 100 cm³/mol. The Kier molecular flexibility index (Phi) is 6.01. The van der Waals surface area contributed by atoms with Crippen LogP contribution in [0.2, 0.25) is 0 Å². The Bertz CT molecular complexity index is 671. The smallest absolute Gasteiger partial charge is 0.191 e. The van der Waals surface area contributed by atoms with Crippen LogP contribution >= 0.6 is 0 Å². The molecule has 1 aliphatic heterocycles. The lowest BCUT2D eigenvalue weighted by Gasteiger charge is -2.26. The minimum Gasteiger partial charge on any atom is -0.355 e. The van der Waals surface area contributed by atoms with Crippen LogP contribution in [-0.4, -0.2) is 49.1 Å². The average Bonchev–Trinajstić information content (AvgIpc) is 2.65. The fraction of sp³-hybridized carbons (Fsp3) is 0.474. The molecule has 0 unspecified atom stereocenters. The maximum absolute atomic E-state index is 4.50. The van der Waals surface area contributed by atoms with E-state index in [1.54, 1.807) is 0 Å². The molecule has 5 nitrogen and oxygen atoms in total. The number of likely N-dealkylation sites (tertiary alicyclic amines) is 1. The number of aromatic nitrogens is 1. The van der Waals surface area contributed by atoms with Crippen molar-refractivity contribution in [3.63, 3.8) is 0 Å². The van der Waals surface area contributed by atoms with Crippen LogP contribution in [0.3, 0.4) is 0 Å². The number of hydrogen-bond acceptors (Lipinski definition) is 3. The van der Waals surface area contributed by atoms with Crippen molar-refractivity contribution in [2.24, 2.45) is 4.99 Å². The van der Waals surface area contributed by atoms with Gasteiger partial charge < -0.3 is 15.5 Å². The van der Waals surface area contributed by atoms with Gasteiger partial charge in [-0.25, -0.2) is 0 Å². The zero-order valence-electron chi connectivity index (χ0n) is 14.5. The third-order valence-corrected chi connectivity index (χ3v) is 4.56. The summed E-state index contributed by atoms with van der Waals surface area (Å²) < 4.78 is 0. The molecular formula is C19H27N5. The third kappa shape index (κ3) is 4.45. The topological polar surface area (TPSA) is 52.6 Å². The molecule has 0 spiro atoms. The average molecular weight is 325 g/mol. The number of guanidine groups is 1. The number of para-hydroxylation sites is 1. The molecule has 0 bridgehead atoms. The molecule has 1 fully saturated rings. The lowest BCUT2D eigenvalue weighted by Crippen LogP contribution is -2.42. The number of pyridine rings is 1. The maximum atomic E-state index is 4.50. The summed E-state index contributed by atoms with van der Waals surface area (Å²) in [5.41, 5.74) is 2.24. The highest BCUT2D eigenvalue weighted by atomic mass is 15.2. The number of hydrogen-bond donors (Lipinski definition) is 2. The van der Waals surface area contributed by atoms with Gasteiger partial charge in [-0.2, -0.15) is 0 Å². The first kappa shape index (κ1) is 16.7. The molecule has 0 aliphatic carbocycles. The van der Waals surface area contributed by atoms with E-state index >= 15 is 0 Å². The zero-order chi connectivity index (χ0) is 16.6. The molecule has 5 heteroatoms. The van der Waals surface area contributed by atoms with E-state index in [0.29, 0.717) is 0 Å². The van der Waals surface area contributed by atoms with Gasteiger partial charge in [0.15, 0.2) is 5.96 Å². The summed E-state index contributed by atoms with van der Waals surface area (Å²) in [6, 6.07) is 10.4. The summed E-state index contributed by atoms with van der Waals surface area (Å²) in [6.07, 6.45) is 5.89. The van der Waals surface area contributed by atoms with Gasteiger partial charge in [-0.3, -0.25) is 9.98 Å². The molecule has 2 N–H and O–H groups in total. The first-order valence-corrected chi connectivity index (χ1v) is 8.86. The normalized spacial score (nSPS) is 16.3. The molecule has 0 amide bonds. The summed E-state index contributed by atoms with van der Waals surface area (Å²) in [4.78, 5) is 11.3. The van der Waals surface area contributed by atoms with Crippen molar-refractivity contribution in [2.75, 3.05) is 33.2 Å². The van der Waals surface area contributed by atoms with Crippen LogP contribution in [0.4, 0.5) is 0 Å². The van der Waals surface area contributed by atoms with E-state index in [1.165, 1.54) is 43.3 Å². The molecule has 0 atom stereocenters. The summed E-state index contributed by atoms with van der Waals surface area (Å²) in [5, 5.41) is 7.98. The minimum atomic E-state index is 0.720. The van der Waals surface area contributed by atoms with E-state index in [4.69, 9.17) is 0 Å². The number of benzene rings is 1. The first-order valence-electron chi connectivity index (χ1n) is 8.86. The molecule has 1 aromatic carbocycles. The van der Waals surface area contributed by atoms with Crippen molar-refractivity contribution in [3.05, 3.63) is 42.1 Å². The fourth-order valence-electron chi connectivity index (χ4n) is 3.23. The fourth-order valence-corrected chi connectivity index (χ4v) is 3.23. The Morgan fingerprint density at radius 2 is 1.96 bits per heavy atom. The van der Waals surface area contributed by atoms with Gasteiger partial charge in [0, 0.05) is 38.3 Å². The monoisotopic (exact) mass is 325 g/mol. The highest BCUT2D eigenvalue weighted by Gasteiger charge is 2.09. The van der Waals surface area contributed by atoms with Gasteiger partial charge in [-0.15, -0.1) is 0 Å². The van der Waals surface area contributed by atoms with Crippen LogP contribution in [0.15, 0.2) is 41.5 Å². The van der Waals surface area contributed by atoms with Crippen LogP contribution in [0.25, 0.3) is 10.9 Å². The van der Waals surface area contributed by atoms with Gasteiger partial charge in [-0.05, 0) is 37.6 Å². The second-order valence-corrected chi connectivity index (χ2v) is 6.25. The van der Waals surface area contributed by atoms with E-state index in [0.717, 1.165) is 31.1 Å². The molecule has 0 radical (unpaired) electrons. The largest absolute Gasteiger partial charge is 0.355 e. The van der Waals surface area contributed by atoms with Gasteiger partial charge in [-0.1, -0.05) is 30.7 Å². The third-order valence-electron chi connectivity index (χ3n) is 4.56. The van der Waals surface area contributed by atoms with E-state index in [1.807, 2.05) is 19.3 Å². The number of piperidine rings is 1. The second kappa shape index (κ2) is 8.64. The number of aliphatic imine (C=N–C) groups is 1. The number of rotatable bonds is 5. The first-order chi connectivity index (χ1) is 11.9. The number of fused-ring (bicyclic) bond motifs is 1. The van der Waals surface area contributed by atoms with E-state index in [9.17, 15) is 0 Å². The highest BCUT2D eigenvalue weighted by Crippen LogP contribution is 2.15. The molecule has 0 saturated carbocycles.